The molecule has 0 aromatic carbocycles. The highest BCUT2D eigenvalue weighted by molar-refractivity contribution is 8.00. The first-order valence-corrected chi connectivity index (χ1v) is 7.95. The molecule has 1 aliphatic rings. The molecule has 0 bridgehead atoms. The van der Waals surface area contributed by atoms with E-state index < -0.39 is 0 Å². The molecular weight excluding hydrogens is 286 g/mol. The normalized spacial score (nSPS) is 17.6. The van der Waals surface area contributed by atoms with Crippen LogP contribution in [0.15, 0.2) is 24.8 Å². The van der Waals surface area contributed by atoms with E-state index in [2.05, 4.69) is 16.2 Å². The first-order chi connectivity index (χ1) is 10.2. The zero-order valence-corrected chi connectivity index (χ0v) is 12.5. The maximum Gasteiger partial charge on any atom is 0.257 e. The quantitative estimate of drug-likeness (QED) is 0.842. The van der Waals surface area contributed by atoms with E-state index in [1.165, 1.54) is 0 Å². The van der Waals surface area contributed by atoms with Crippen LogP contribution in [0.25, 0.3) is 5.52 Å². The third kappa shape index (κ3) is 2.36. The molecule has 3 rings (SSSR count). The fourth-order valence-electron chi connectivity index (χ4n) is 2.60. The van der Waals surface area contributed by atoms with Gasteiger partial charge in [0, 0.05) is 25.5 Å². The van der Waals surface area contributed by atoms with Gasteiger partial charge in [-0.15, -0.1) is 11.8 Å². The predicted octanol–water partition coefficient (Wildman–Crippen LogP) is 1.59. The van der Waals surface area contributed by atoms with Crippen LogP contribution in [0.2, 0.25) is 0 Å². The zero-order chi connectivity index (χ0) is 14.9. The maximum absolute atomic E-state index is 12.6. The third-order valence-electron chi connectivity index (χ3n) is 4.01. The summed E-state index contributed by atoms with van der Waals surface area (Å²) < 4.78 is 1.30. The van der Waals surface area contributed by atoms with Crippen LogP contribution in [0.4, 0.5) is 0 Å². The molecule has 108 valence electrons. The molecule has 1 amide bonds. The summed E-state index contributed by atoms with van der Waals surface area (Å²) in [6.45, 7) is 1.20. The molecule has 1 aliphatic heterocycles. The Morgan fingerprint density at radius 1 is 1.43 bits per heavy atom. The standard InChI is InChI=1S/C14H15N5OS/c1-21-14(10-15)2-5-18(6-3-14)13(20)11-8-17-19-7-4-16-9-12(11)19/h4,7-9H,2-3,5-6H2,1H3. The van der Waals surface area contributed by atoms with Crippen LogP contribution < -0.4 is 0 Å². The minimum absolute atomic E-state index is 0.0364. The lowest BCUT2D eigenvalue weighted by molar-refractivity contribution is 0.0718. The Balaban J connectivity index is 1.80. The van der Waals surface area contributed by atoms with Crippen molar-refractivity contribution < 1.29 is 4.79 Å². The summed E-state index contributed by atoms with van der Waals surface area (Å²) in [5.41, 5.74) is 1.28. The SMILES string of the molecule is CSC1(C#N)CCN(C(=O)c2cnn3ccncc23)CC1. The van der Waals surface area contributed by atoms with Crippen LogP contribution in [0.5, 0.6) is 0 Å². The number of carbonyl (C=O) groups is 1. The lowest BCUT2D eigenvalue weighted by Gasteiger charge is -2.36. The lowest BCUT2D eigenvalue weighted by Crippen LogP contribution is -2.44. The number of carbonyl (C=O) groups excluding carboxylic acids is 1. The minimum atomic E-state index is -0.348. The Kier molecular flexibility index (Phi) is 3.55. The van der Waals surface area contributed by atoms with Gasteiger partial charge in [0.2, 0.25) is 0 Å². The molecule has 0 unspecified atom stereocenters. The van der Waals surface area contributed by atoms with Crippen molar-refractivity contribution in [3.8, 4) is 6.07 Å². The van der Waals surface area contributed by atoms with Crippen molar-refractivity contribution in [3.05, 3.63) is 30.4 Å². The van der Waals surface area contributed by atoms with Crippen LogP contribution >= 0.6 is 11.8 Å². The number of thioether (sulfide) groups is 1. The fraction of sp³-hybridized carbons (Fsp3) is 0.429. The Morgan fingerprint density at radius 3 is 2.86 bits per heavy atom. The van der Waals surface area contributed by atoms with Crippen molar-refractivity contribution in [2.24, 2.45) is 0 Å². The molecule has 2 aromatic heterocycles. The molecule has 0 atom stereocenters. The lowest BCUT2D eigenvalue weighted by atomic mass is 9.97. The van der Waals surface area contributed by atoms with Crippen LogP contribution in [0.1, 0.15) is 23.2 Å². The molecule has 6 nitrogen and oxygen atoms in total. The molecule has 2 aromatic rings. The molecule has 0 spiro atoms. The number of hydrogen-bond donors (Lipinski definition) is 0. The van der Waals surface area contributed by atoms with Gasteiger partial charge in [-0.25, -0.2) is 4.52 Å². The van der Waals surface area contributed by atoms with Crippen LogP contribution in [0, 0.1) is 11.3 Å². The van der Waals surface area contributed by atoms with Gasteiger partial charge in [0.1, 0.15) is 4.75 Å². The highest BCUT2D eigenvalue weighted by Gasteiger charge is 2.36. The van der Waals surface area contributed by atoms with Crippen molar-refractivity contribution in [1.82, 2.24) is 19.5 Å². The number of rotatable bonds is 2. The minimum Gasteiger partial charge on any atom is -0.338 e. The third-order valence-corrected chi connectivity index (χ3v) is 5.29. The maximum atomic E-state index is 12.6. The van der Waals surface area contributed by atoms with E-state index in [9.17, 15) is 10.1 Å². The zero-order valence-electron chi connectivity index (χ0n) is 11.7. The molecule has 1 saturated heterocycles. The number of hydrogen-bond acceptors (Lipinski definition) is 5. The molecule has 0 aliphatic carbocycles. The smallest absolute Gasteiger partial charge is 0.257 e. The number of nitriles is 1. The van der Waals surface area contributed by atoms with Crippen molar-refractivity contribution in [1.29, 1.82) is 5.26 Å². The monoisotopic (exact) mass is 301 g/mol. The Hall–Kier alpha value is -2.07. The van der Waals surface area contributed by atoms with Crippen molar-refractivity contribution in [2.75, 3.05) is 19.3 Å². The van der Waals surface area contributed by atoms with E-state index in [1.807, 2.05) is 6.26 Å². The number of fused-ring (bicyclic) bond motifs is 1. The van der Waals surface area contributed by atoms with E-state index in [0.29, 0.717) is 37.0 Å². The van der Waals surface area contributed by atoms with E-state index in [0.717, 1.165) is 0 Å². The second kappa shape index (κ2) is 5.37. The molecule has 0 N–H and O–H groups in total. The fourth-order valence-corrected chi connectivity index (χ4v) is 3.28. The van der Waals surface area contributed by atoms with Gasteiger partial charge in [-0.3, -0.25) is 9.78 Å². The van der Waals surface area contributed by atoms with Gasteiger partial charge in [-0.05, 0) is 19.1 Å². The van der Waals surface area contributed by atoms with Gasteiger partial charge >= 0.3 is 0 Å². The van der Waals surface area contributed by atoms with E-state index in [4.69, 9.17) is 0 Å². The Bertz CT molecular complexity index is 711. The molecule has 0 radical (unpaired) electrons. The van der Waals surface area contributed by atoms with Gasteiger partial charge < -0.3 is 4.90 Å². The van der Waals surface area contributed by atoms with Gasteiger partial charge in [-0.1, -0.05) is 0 Å². The summed E-state index contributed by atoms with van der Waals surface area (Å²) in [6, 6.07) is 2.39. The Morgan fingerprint density at radius 2 is 2.19 bits per heavy atom. The molecule has 3 heterocycles. The van der Waals surface area contributed by atoms with E-state index >= 15 is 0 Å². The highest BCUT2D eigenvalue weighted by Crippen LogP contribution is 2.34. The largest absolute Gasteiger partial charge is 0.338 e. The summed E-state index contributed by atoms with van der Waals surface area (Å²) in [6.07, 6.45) is 9.94. The summed E-state index contributed by atoms with van der Waals surface area (Å²) in [4.78, 5) is 18.5. The molecular formula is C14H15N5OS. The van der Waals surface area contributed by atoms with E-state index in [1.54, 1.807) is 46.0 Å². The summed E-state index contributed by atoms with van der Waals surface area (Å²) >= 11 is 1.58. The second-order valence-electron chi connectivity index (χ2n) is 5.07. The average Bonchev–Trinajstić information content (AvgIpc) is 2.98. The first kappa shape index (κ1) is 13.9. The number of aromatic nitrogens is 3. The summed E-state index contributed by atoms with van der Waals surface area (Å²) in [5, 5.41) is 13.5. The average molecular weight is 301 g/mol. The predicted molar refractivity (Wildman–Crippen MR) is 80.0 cm³/mol. The van der Waals surface area contributed by atoms with Gasteiger partial charge in [0.25, 0.3) is 5.91 Å². The van der Waals surface area contributed by atoms with Crippen molar-refractivity contribution in [2.45, 2.75) is 17.6 Å². The highest BCUT2D eigenvalue weighted by atomic mass is 32.2. The summed E-state index contributed by atoms with van der Waals surface area (Å²) in [5.74, 6) is -0.0364. The number of amides is 1. The Labute approximate surface area is 126 Å². The molecule has 21 heavy (non-hydrogen) atoms. The van der Waals surface area contributed by atoms with Crippen LogP contribution in [-0.2, 0) is 0 Å². The molecule has 0 saturated carbocycles. The van der Waals surface area contributed by atoms with Gasteiger partial charge in [0.15, 0.2) is 0 Å². The van der Waals surface area contributed by atoms with Crippen molar-refractivity contribution >= 4 is 23.2 Å². The van der Waals surface area contributed by atoms with Gasteiger partial charge in [0.05, 0.1) is 29.5 Å². The number of likely N-dealkylation sites (tertiary alicyclic amines) is 1. The molecule has 1 fully saturated rings. The topological polar surface area (TPSA) is 74.3 Å². The van der Waals surface area contributed by atoms with Crippen LogP contribution in [-0.4, -0.2) is 49.5 Å². The number of nitrogens with zero attached hydrogens (tertiary/aromatic N) is 5. The second-order valence-corrected chi connectivity index (χ2v) is 6.26. The van der Waals surface area contributed by atoms with E-state index in [-0.39, 0.29) is 10.7 Å². The van der Waals surface area contributed by atoms with Gasteiger partial charge in [-0.2, -0.15) is 10.4 Å². The number of piperidine rings is 1. The summed E-state index contributed by atoms with van der Waals surface area (Å²) in [7, 11) is 0. The van der Waals surface area contributed by atoms with Crippen molar-refractivity contribution in [3.63, 3.8) is 0 Å². The first-order valence-electron chi connectivity index (χ1n) is 6.72. The van der Waals surface area contributed by atoms with Crippen LogP contribution in [0.3, 0.4) is 0 Å². The molecule has 7 heteroatoms.